The fraction of sp³-hybridized carbons (Fsp3) is 0.409. The van der Waals surface area contributed by atoms with Crippen molar-refractivity contribution in [2.24, 2.45) is 17.6 Å². The molecule has 3 aliphatic carbocycles. The van der Waals surface area contributed by atoms with Gasteiger partial charge in [0.25, 0.3) is 5.91 Å². The Morgan fingerprint density at radius 2 is 1.64 bits per heavy atom. The van der Waals surface area contributed by atoms with Crippen LogP contribution in [0.4, 0.5) is 0 Å². The van der Waals surface area contributed by atoms with E-state index in [0.717, 1.165) is 0 Å². The molecule has 1 amide bonds. The van der Waals surface area contributed by atoms with Crippen molar-refractivity contribution in [3.05, 3.63) is 46.2 Å². The molecule has 13 nitrogen and oxygen atoms in total. The van der Waals surface area contributed by atoms with Crippen molar-refractivity contribution in [3.8, 4) is 5.75 Å². The Morgan fingerprint density at radius 3 is 2.14 bits per heavy atom. The van der Waals surface area contributed by atoms with Crippen molar-refractivity contribution in [1.29, 1.82) is 0 Å². The van der Waals surface area contributed by atoms with Crippen LogP contribution in [0.2, 0.25) is 0 Å². The number of phenolic OH excluding ortho intramolecular Hbond substituents is 1. The second-order valence-corrected chi connectivity index (χ2v) is 9.06. The van der Waals surface area contributed by atoms with Crippen LogP contribution in [0.25, 0.3) is 5.76 Å². The number of amides is 1. The zero-order chi connectivity index (χ0) is 24.8. The van der Waals surface area contributed by atoms with Crippen molar-refractivity contribution in [3.63, 3.8) is 0 Å². The van der Waals surface area contributed by atoms with Crippen LogP contribution in [0.5, 0.6) is 5.75 Å². The SMILES string of the molecule is CN(C)[C@@H]1C(=O)C(C(N)=O)=C(O)[C@@]2(O)C(=O)C3=C(O)c4c(O)cccc4[C@@](C)(O)[C@H]3[C@H](O)[C@@H]12.O.O.[Na+]. The Bertz CT molecular complexity index is 1190. The number of ketones is 2. The first-order valence-corrected chi connectivity index (χ1v) is 10.1. The van der Waals surface area contributed by atoms with Crippen molar-refractivity contribution in [2.45, 2.75) is 30.3 Å². The Balaban J connectivity index is 0.00000216. The number of hydrogen-bond acceptors (Lipinski definition) is 10. The number of hydrogen-bond donors (Lipinski definition) is 7. The van der Waals surface area contributed by atoms with E-state index < -0.39 is 81.1 Å². The minimum atomic E-state index is -3.02. The van der Waals surface area contributed by atoms with Crippen LogP contribution in [0.1, 0.15) is 18.1 Å². The summed E-state index contributed by atoms with van der Waals surface area (Å²) in [6, 6.07) is 2.50. The molecule has 0 bridgehead atoms. The predicted octanol–water partition coefficient (Wildman–Crippen LogP) is -6.05. The monoisotopic (exact) mass is 519 g/mol. The summed E-state index contributed by atoms with van der Waals surface area (Å²) in [4.78, 5) is 39.9. The molecule has 0 heterocycles. The van der Waals surface area contributed by atoms with Gasteiger partial charge < -0.3 is 47.3 Å². The Labute approximate surface area is 227 Å². The molecule has 192 valence electrons. The van der Waals surface area contributed by atoms with Crippen LogP contribution in [0.3, 0.4) is 0 Å². The number of Topliss-reactive ketones (excluding diaryl/α,β-unsaturated/α-hetero) is 2. The Hall–Kier alpha value is -2.33. The van der Waals surface area contributed by atoms with Crippen molar-refractivity contribution in [1.82, 2.24) is 4.90 Å². The molecule has 6 atom stereocenters. The van der Waals surface area contributed by atoms with Gasteiger partial charge in [0.2, 0.25) is 5.78 Å². The summed E-state index contributed by atoms with van der Waals surface area (Å²) in [7, 11) is 2.80. The van der Waals surface area contributed by atoms with Gasteiger partial charge in [-0.1, -0.05) is 12.1 Å². The van der Waals surface area contributed by atoms with Gasteiger partial charge in [-0.25, -0.2) is 0 Å². The van der Waals surface area contributed by atoms with Crippen molar-refractivity contribution < 1.29 is 85.5 Å². The molecular weight excluding hydrogens is 491 g/mol. The summed E-state index contributed by atoms with van der Waals surface area (Å²) in [5.41, 5.74) is -1.78. The van der Waals surface area contributed by atoms with E-state index in [0.29, 0.717) is 0 Å². The molecular formula is C22H28N2NaO11+. The number of benzene rings is 1. The van der Waals surface area contributed by atoms with Gasteiger partial charge in [0.1, 0.15) is 22.8 Å². The molecule has 4 rings (SSSR count). The normalized spacial score (nSPS) is 33.0. The molecule has 0 spiro atoms. The Kier molecular flexibility index (Phi) is 8.68. The van der Waals surface area contributed by atoms with Gasteiger partial charge >= 0.3 is 29.6 Å². The first-order chi connectivity index (χ1) is 15.2. The standard InChI is InChI=1S/C22H24N2O9.Na.2H2O/c1-21(32)7-5-4-6-8(25)9(7)15(26)10-12(21)17(28)13-14(24(2)3)16(27)11(20(23)31)19(30)22(13,33)18(10)29;;;/h4-6,12-14,17,25-26,28,30,32-33H,1-3H3,(H2,23,31);;2*1H2/q;+1;;/t12-,13-,14+,17+,21-,22+;;;/m1.../s1. The molecule has 0 radical (unpaired) electrons. The predicted molar refractivity (Wildman–Crippen MR) is 119 cm³/mol. The van der Waals surface area contributed by atoms with Gasteiger partial charge in [0.05, 0.1) is 40.7 Å². The molecule has 0 aliphatic heterocycles. The average Bonchev–Trinajstić information content (AvgIpc) is 2.70. The van der Waals surface area contributed by atoms with Crippen molar-refractivity contribution in [2.75, 3.05) is 14.1 Å². The second-order valence-electron chi connectivity index (χ2n) is 9.06. The quantitative estimate of drug-likeness (QED) is 0.144. The van der Waals surface area contributed by atoms with Gasteiger partial charge in [0.15, 0.2) is 11.4 Å². The minimum Gasteiger partial charge on any atom is -0.508 e. The summed E-state index contributed by atoms with van der Waals surface area (Å²) < 4.78 is 0. The number of fused-ring (bicyclic) bond motifs is 3. The molecule has 1 aromatic carbocycles. The van der Waals surface area contributed by atoms with Gasteiger partial charge in [-0.05, 0) is 32.6 Å². The van der Waals surface area contributed by atoms with E-state index in [1.807, 2.05) is 0 Å². The zero-order valence-corrected chi connectivity index (χ0v) is 22.0. The third-order valence-corrected chi connectivity index (χ3v) is 7.03. The number of aromatic hydroxyl groups is 1. The van der Waals surface area contributed by atoms with Crippen LogP contribution < -0.4 is 35.3 Å². The summed E-state index contributed by atoms with van der Waals surface area (Å²) in [5.74, 6) is -9.67. The van der Waals surface area contributed by atoms with Gasteiger partial charge in [-0.2, -0.15) is 0 Å². The number of nitrogens with zero attached hydrogens (tertiary/aromatic N) is 1. The van der Waals surface area contributed by atoms with Crippen LogP contribution in [-0.4, -0.2) is 95.8 Å². The number of aliphatic hydroxyl groups is 5. The maximum absolute atomic E-state index is 13.7. The number of aliphatic hydroxyl groups excluding tert-OH is 3. The van der Waals surface area contributed by atoms with E-state index in [2.05, 4.69) is 0 Å². The number of phenols is 1. The third kappa shape index (κ3) is 3.70. The van der Waals surface area contributed by atoms with Gasteiger partial charge in [-0.15, -0.1) is 0 Å². The largest absolute Gasteiger partial charge is 1.00 e. The number of rotatable bonds is 2. The van der Waals surface area contributed by atoms with E-state index in [-0.39, 0.29) is 51.6 Å². The first-order valence-electron chi connectivity index (χ1n) is 10.1. The van der Waals surface area contributed by atoms with Gasteiger partial charge in [-0.3, -0.25) is 19.3 Å². The number of carbonyl (C=O) groups excluding carboxylic acids is 3. The summed E-state index contributed by atoms with van der Waals surface area (Å²) in [6.45, 7) is 1.25. The van der Waals surface area contributed by atoms with Crippen LogP contribution in [0, 0.1) is 11.8 Å². The van der Waals surface area contributed by atoms with E-state index in [1.54, 1.807) is 0 Å². The molecule has 1 fully saturated rings. The molecule has 1 aromatic rings. The molecule has 12 N–H and O–H groups in total. The fourth-order valence-corrected chi connectivity index (χ4v) is 5.60. The van der Waals surface area contributed by atoms with E-state index in [9.17, 15) is 45.0 Å². The average molecular weight is 519 g/mol. The van der Waals surface area contributed by atoms with Crippen molar-refractivity contribution >= 4 is 23.2 Å². The van der Waals surface area contributed by atoms with Crippen LogP contribution in [-0.2, 0) is 20.0 Å². The van der Waals surface area contributed by atoms with Gasteiger partial charge in [0, 0.05) is 0 Å². The smallest absolute Gasteiger partial charge is 0.508 e. The summed E-state index contributed by atoms with van der Waals surface area (Å²) in [5, 5.41) is 66.3. The third-order valence-electron chi connectivity index (χ3n) is 7.03. The second kappa shape index (κ2) is 9.85. The number of likely N-dealkylation sites (N-methyl/N-ethyl adjacent to an activating group) is 1. The van der Waals surface area contributed by atoms with Crippen LogP contribution in [0.15, 0.2) is 35.1 Å². The molecule has 0 unspecified atom stereocenters. The molecule has 0 saturated heterocycles. The molecule has 3 aliphatic rings. The molecule has 0 aromatic heterocycles. The number of nitrogens with two attached hydrogens (primary N) is 1. The topological polar surface area (TPSA) is 265 Å². The van der Waals surface area contributed by atoms with E-state index in [4.69, 9.17) is 5.73 Å². The number of primary amides is 1. The minimum absolute atomic E-state index is 0. The number of carbonyl (C=O) groups is 3. The maximum Gasteiger partial charge on any atom is 1.00 e. The summed E-state index contributed by atoms with van der Waals surface area (Å²) in [6.07, 6.45) is -1.87. The maximum atomic E-state index is 13.7. The van der Waals surface area contributed by atoms with E-state index in [1.165, 1.54) is 44.1 Å². The van der Waals surface area contributed by atoms with E-state index >= 15 is 0 Å². The van der Waals surface area contributed by atoms with Crippen LogP contribution >= 0.6 is 0 Å². The molecule has 14 heteroatoms. The zero-order valence-electron chi connectivity index (χ0n) is 20.0. The first kappa shape index (κ1) is 31.7. The molecule has 36 heavy (non-hydrogen) atoms. The Morgan fingerprint density at radius 1 is 1.08 bits per heavy atom. The molecule has 1 saturated carbocycles. The fourth-order valence-electron chi connectivity index (χ4n) is 5.60. The summed E-state index contributed by atoms with van der Waals surface area (Å²) >= 11 is 0.